The van der Waals surface area contributed by atoms with Crippen LogP contribution in [0.4, 0.5) is 10.8 Å². The van der Waals surface area contributed by atoms with Crippen LogP contribution in [0.2, 0.25) is 0 Å². The van der Waals surface area contributed by atoms with Crippen molar-refractivity contribution in [1.82, 2.24) is 4.37 Å². The van der Waals surface area contributed by atoms with Crippen molar-refractivity contribution in [2.45, 2.75) is 44.6 Å². The minimum atomic E-state index is -3.33. The molecule has 0 amide bonds. The molecule has 0 radical (unpaired) electrons. The summed E-state index contributed by atoms with van der Waals surface area (Å²) in [5.74, 6) is 0.768. The summed E-state index contributed by atoms with van der Waals surface area (Å²) in [6.07, 6.45) is 2.26. The highest BCUT2D eigenvalue weighted by Crippen LogP contribution is 2.39. The summed E-state index contributed by atoms with van der Waals surface area (Å²) in [7, 11) is -3.33. The lowest BCUT2D eigenvalue weighted by Gasteiger charge is -2.37. The molecule has 2 N–H and O–H groups in total. The Labute approximate surface area is 118 Å². The third-order valence-electron chi connectivity index (χ3n) is 3.73. The quantitative estimate of drug-likeness (QED) is 0.926. The fourth-order valence-corrected chi connectivity index (χ4v) is 4.89. The van der Waals surface area contributed by atoms with E-state index < -0.39 is 9.84 Å². The van der Waals surface area contributed by atoms with Crippen LogP contribution >= 0.6 is 11.5 Å². The van der Waals surface area contributed by atoms with Gasteiger partial charge in [-0.15, -0.1) is 0 Å². The van der Waals surface area contributed by atoms with E-state index in [0.29, 0.717) is 12.0 Å². The van der Waals surface area contributed by atoms with Crippen molar-refractivity contribution >= 4 is 32.2 Å². The van der Waals surface area contributed by atoms with E-state index in [1.54, 1.807) is 6.92 Å². The summed E-state index contributed by atoms with van der Waals surface area (Å²) < 4.78 is 28.5. The SMILES string of the molecule is CCS(=O)(=O)c1c(N)nsc1N1CC(C)CCC1C. The molecule has 19 heavy (non-hydrogen) atoms. The second-order valence-corrected chi connectivity index (χ2v) is 8.26. The molecule has 0 spiro atoms. The van der Waals surface area contributed by atoms with Gasteiger partial charge in [-0.05, 0) is 37.2 Å². The molecule has 1 saturated heterocycles. The molecular weight excluding hydrogens is 282 g/mol. The molecule has 0 bridgehead atoms. The van der Waals surface area contributed by atoms with Crippen LogP contribution in [0.3, 0.4) is 0 Å². The Morgan fingerprint density at radius 3 is 2.74 bits per heavy atom. The predicted molar refractivity (Wildman–Crippen MR) is 79.5 cm³/mol. The molecule has 1 aliphatic heterocycles. The largest absolute Gasteiger partial charge is 0.382 e. The van der Waals surface area contributed by atoms with E-state index in [1.165, 1.54) is 18.0 Å². The number of aromatic nitrogens is 1. The summed E-state index contributed by atoms with van der Waals surface area (Å²) in [4.78, 5) is 2.39. The number of hydrogen-bond acceptors (Lipinski definition) is 6. The van der Waals surface area contributed by atoms with E-state index in [4.69, 9.17) is 5.73 Å². The van der Waals surface area contributed by atoms with Crippen molar-refractivity contribution in [1.29, 1.82) is 0 Å². The van der Waals surface area contributed by atoms with Crippen molar-refractivity contribution in [3.05, 3.63) is 0 Å². The monoisotopic (exact) mass is 303 g/mol. The Hall–Kier alpha value is -0.820. The van der Waals surface area contributed by atoms with E-state index in [9.17, 15) is 8.42 Å². The number of hydrogen-bond donors (Lipinski definition) is 1. The fourth-order valence-electron chi connectivity index (χ4n) is 2.48. The first kappa shape index (κ1) is 14.6. The number of rotatable bonds is 3. The Balaban J connectivity index is 2.46. The van der Waals surface area contributed by atoms with Gasteiger partial charge in [0.05, 0.1) is 5.75 Å². The van der Waals surface area contributed by atoms with Crippen LogP contribution < -0.4 is 10.6 Å². The first-order valence-electron chi connectivity index (χ1n) is 6.61. The van der Waals surface area contributed by atoms with Crippen LogP contribution in [0.15, 0.2) is 4.90 Å². The molecule has 108 valence electrons. The van der Waals surface area contributed by atoms with E-state index in [2.05, 4.69) is 23.1 Å². The first-order valence-corrected chi connectivity index (χ1v) is 9.04. The number of piperidine rings is 1. The smallest absolute Gasteiger partial charge is 0.184 e. The lowest BCUT2D eigenvalue weighted by molar-refractivity contribution is 0.390. The van der Waals surface area contributed by atoms with Gasteiger partial charge in [-0.25, -0.2) is 8.42 Å². The number of nitrogens with zero attached hydrogens (tertiary/aromatic N) is 2. The molecule has 0 aromatic carbocycles. The molecule has 1 aromatic rings. The maximum Gasteiger partial charge on any atom is 0.184 e. The molecule has 2 unspecified atom stereocenters. The van der Waals surface area contributed by atoms with Gasteiger partial charge in [0.15, 0.2) is 15.7 Å². The van der Waals surface area contributed by atoms with Gasteiger partial charge in [-0.3, -0.25) is 0 Å². The molecule has 2 rings (SSSR count). The Bertz CT molecular complexity index is 553. The van der Waals surface area contributed by atoms with Gasteiger partial charge < -0.3 is 10.6 Å². The minimum Gasteiger partial charge on any atom is -0.382 e. The van der Waals surface area contributed by atoms with E-state index in [-0.39, 0.29) is 16.5 Å². The topological polar surface area (TPSA) is 76.3 Å². The lowest BCUT2D eigenvalue weighted by Crippen LogP contribution is -2.41. The molecule has 1 aliphatic rings. The van der Waals surface area contributed by atoms with Crippen molar-refractivity contribution in [3.8, 4) is 0 Å². The second kappa shape index (κ2) is 5.28. The standard InChI is InChI=1S/C12H21N3O2S2/c1-4-19(16,17)10-11(13)14-18-12(10)15-7-8(2)5-6-9(15)3/h8-9H,4-7H2,1-3H3,(H2,13,14). The van der Waals surface area contributed by atoms with Crippen LogP contribution in [-0.4, -0.2) is 31.1 Å². The summed E-state index contributed by atoms with van der Waals surface area (Å²) >= 11 is 1.20. The van der Waals surface area contributed by atoms with Crippen LogP contribution in [0.25, 0.3) is 0 Å². The molecule has 2 atom stereocenters. The Morgan fingerprint density at radius 1 is 1.42 bits per heavy atom. The van der Waals surface area contributed by atoms with E-state index >= 15 is 0 Å². The highest BCUT2D eigenvalue weighted by atomic mass is 32.2. The Morgan fingerprint density at radius 2 is 2.11 bits per heavy atom. The lowest BCUT2D eigenvalue weighted by atomic mass is 9.95. The van der Waals surface area contributed by atoms with Crippen molar-refractivity contribution in [2.75, 3.05) is 22.9 Å². The Kier molecular flexibility index (Phi) is 4.06. The molecule has 2 heterocycles. The van der Waals surface area contributed by atoms with Gasteiger partial charge in [-0.2, -0.15) is 4.37 Å². The van der Waals surface area contributed by atoms with Gasteiger partial charge in [0.2, 0.25) is 0 Å². The predicted octanol–water partition coefficient (Wildman–Crippen LogP) is 2.14. The summed E-state index contributed by atoms with van der Waals surface area (Å²) in [5.41, 5.74) is 5.78. The second-order valence-electron chi connectivity index (χ2n) is 5.29. The molecule has 1 aromatic heterocycles. The average Bonchev–Trinajstić information content (AvgIpc) is 2.75. The van der Waals surface area contributed by atoms with E-state index in [1.807, 2.05) is 0 Å². The van der Waals surface area contributed by atoms with Crippen molar-refractivity contribution in [3.63, 3.8) is 0 Å². The van der Waals surface area contributed by atoms with Crippen LogP contribution in [0, 0.1) is 5.92 Å². The first-order chi connectivity index (χ1) is 8.86. The summed E-state index contributed by atoms with van der Waals surface area (Å²) in [6, 6.07) is 0.335. The van der Waals surface area contributed by atoms with Gasteiger partial charge in [0, 0.05) is 12.6 Å². The summed E-state index contributed by atoms with van der Waals surface area (Å²) in [5, 5.41) is 0.721. The van der Waals surface area contributed by atoms with Crippen LogP contribution in [-0.2, 0) is 9.84 Å². The van der Waals surface area contributed by atoms with E-state index in [0.717, 1.165) is 18.0 Å². The van der Waals surface area contributed by atoms with Gasteiger partial charge in [0.1, 0.15) is 9.90 Å². The fraction of sp³-hybridized carbons (Fsp3) is 0.750. The van der Waals surface area contributed by atoms with Crippen molar-refractivity contribution in [2.24, 2.45) is 5.92 Å². The third-order valence-corrected chi connectivity index (χ3v) is 6.54. The maximum atomic E-state index is 12.2. The highest BCUT2D eigenvalue weighted by molar-refractivity contribution is 7.91. The molecule has 0 aliphatic carbocycles. The number of nitrogens with two attached hydrogens (primary N) is 1. The molecule has 0 saturated carbocycles. The zero-order valence-electron chi connectivity index (χ0n) is 11.6. The molecule has 7 heteroatoms. The number of anilines is 2. The minimum absolute atomic E-state index is 0.0559. The van der Waals surface area contributed by atoms with Gasteiger partial charge in [-0.1, -0.05) is 13.8 Å². The number of nitrogen functional groups attached to an aromatic ring is 1. The normalized spacial score (nSPS) is 24.7. The average molecular weight is 303 g/mol. The molecule has 5 nitrogen and oxygen atoms in total. The zero-order valence-corrected chi connectivity index (χ0v) is 13.2. The summed E-state index contributed by atoms with van der Waals surface area (Å²) in [6.45, 7) is 6.83. The number of sulfone groups is 1. The molecular formula is C12H21N3O2S2. The third kappa shape index (κ3) is 2.72. The van der Waals surface area contributed by atoms with Gasteiger partial charge in [0.25, 0.3) is 0 Å². The van der Waals surface area contributed by atoms with Crippen LogP contribution in [0.5, 0.6) is 0 Å². The van der Waals surface area contributed by atoms with Gasteiger partial charge >= 0.3 is 0 Å². The molecule has 1 fully saturated rings. The van der Waals surface area contributed by atoms with Crippen molar-refractivity contribution < 1.29 is 8.42 Å². The maximum absolute atomic E-state index is 12.2. The van der Waals surface area contributed by atoms with Crippen LogP contribution in [0.1, 0.15) is 33.6 Å². The highest BCUT2D eigenvalue weighted by Gasteiger charge is 2.32. The zero-order chi connectivity index (χ0) is 14.2.